The highest BCUT2D eigenvalue weighted by Crippen LogP contribution is 2.48. The van der Waals surface area contributed by atoms with Crippen LogP contribution in [0.5, 0.6) is 0 Å². The Morgan fingerprint density at radius 3 is 1.56 bits per heavy atom. The first-order chi connectivity index (χ1) is 44.0. The van der Waals surface area contributed by atoms with E-state index < -0.39 is 53.0 Å². The Balaban J connectivity index is 0.000000343. The highest BCUT2D eigenvalue weighted by molar-refractivity contribution is 9.11. The van der Waals surface area contributed by atoms with Gasteiger partial charge in [-0.25, -0.2) is 8.78 Å². The quantitative estimate of drug-likeness (QED) is 0.0490. The molecule has 0 radical (unpaired) electrons. The monoisotopic (exact) mass is 1680 g/mol. The third-order valence-corrected chi connectivity index (χ3v) is 16.5. The topological polar surface area (TPSA) is 325 Å². The molecule has 2 aliphatic carbocycles. The summed E-state index contributed by atoms with van der Waals surface area (Å²) in [6, 6.07) is 23.6. The first kappa shape index (κ1) is 84.3. The lowest BCUT2D eigenvalue weighted by Crippen LogP contribution is -2.46. The van der Waals surface area contributed by atoms with Crippen molar-refractivity contribution in [3.05, 3.63) is 161 Å². The van der Waals surface area contributed by atoms with Gasteiger partial charge in [-0.2, -0.15) is 28.8 Å². The zero-order valence-corrected chi connectivity index (χ0v) is 62.2. The molecular weight excluding hydrogens is 1630 g/mol. The lowest BCUT2D eigenvalue weighted by molar-refractivity contribution is -0.155. The van der Waals surface area contributed by atoms with Crippen molar-refractivity contribution in [3.63, 3.8) is 0 Å². The second-order valence-electron chi connectivity index (χ2n) is 21.9. The lowest BCUT2D eigenvalue weighted by Gasteiger charge is -2.27. The van der Waals surface area contributed by atoms with Crippen molar-refractivity contribution in [1.29, 1.82) is 0 Å². The van der Waals surface area contributed by atoms with Gasteiger partial charge in [0.15, 0.2) is 28.7 Å². The number of fused-ring (bicyclic) bond motifs is 2. The van der Waals surface area contributed by atoms with Crippen molar-refractivity contribution >= 4 is 203 Å². The normalized spacial score (nSPS) is 17.0. The van der Waals surface area contributed by atoms with Crippen LogP contribution in [0.3, 0.4) is 0 Å². The Hall–Kier alpha value is -5.95. The number of esters is 1. The Bertz CT molecular complexity index is 4030. The van der Waals surface area contributed by atoms with Crippen LogP contribution in [0.4, 0.5) is 14.5 Å². The predicted molar refractivity (Wildman–Crippen MR) is 392 cm³/mol. The average molecular weight is 1690 g/mol. The van der Waals surface area contributed by atoms with Crippen molar-refractivity contribution in [1.82, 2.24) is 39.6 Å². The van der Waals surface area contributed by atoms with Crippen molar-refractivity contribution in [2.45, 2.75) is 110 Å². The molecule has 7 aromatic rings. The fourth-order valence-corrected chi connectivity index (χ4v) is 12.1. The second kappa shape index (κ2) is 38.4. The van der Waals surface area contributed by atoms with Gasteiger partial charge in [-0.05, 0) is 130 Å². The molecule has 4 fully saturated rings. The molecule has 0 unspecified atom stereocenters. The first-order valence-corrected chi connectivity index (χ1v) is 34.7. The average Bonchev–Trinajstić information content (AvgIpc) is 1.58. The van der Waals surface area contributed by atoms with Gasteiger partial charge in [0.25, 0.3) is 17.7 Å². The van der Waals surface area contributed by atoms with Gasteiger partial charge in [0.05, 0.1) is 25.1 Å². The van der Waals surface area contributed by atoms with Crippen LogP contribution in [0.15, 0.2) is 117 Å². The highest BCUT2D eigenvalue weighted by atomic mass is 79.9. The minimum Gasteiger partial charge on any atom is -0.480 e. The number of likely N-dealkylation sites (tertiary alicyclic amines) is 1. The standard InChI is InChI=1S/C24H20BrClFN5O3.C19H17ClFNO.C10H14BrN3O3.C6H6BrN3O3.CH4.ClH.S3.S2.H2S/c25-15-10-31(30-22(15)23(28)34)11-20(33)32-18-8-12(18)9-19(32)24(35)29-17-7-3-5-14(21(17)27)13-4-1-2-6-16(13)26;20-15-7-2-1-5-13(15)14-6-3-4-11(19(14)21)10-18(23)17-9-12-8-16(12)22-17;1-10(2,3)17-7(15)5-14-4-6(11)8(13-14)9(12)16;7-3-1-10(2-4(11)12)9-5(3)6(8)13;;;1-3-2;1-2;/h1-7,10,12,18-19H,8-9,11H2,(H2,28,34)(H,29,35);1-7,12,16-17,22H,8-10H2;4H,5H2,1-3H3,(H2,12,16);1H,2H2,(H2,8,13)(H,11,12);1H4;1H;;;1H2/t12-,18-,19+;12-,16-,17+;;;;;;;/m11......./s1. The third kappa shape index (κ3) is 23.3. The summed E-state index contributed by atoms with van der Waals surface area (Å²) in [5, 5.41) is 26.9. The van der Waals surface area contributed by atoms with E-state index in [0.717, 1.165) is 26.4 Å². The van der Waals surface area contributed by atoms with E-state index in [1.54, 1.807) is 92.4 Å². The minimum absolute atomic E-state index is 0. The Morgan fingerprint density at radius 1 is 0.677 bits per heavy atom. The molecule has 22 nitrogen and oxygen atoms in total. The number of hydrogen-bond donors (Lipinski definition) is 6. The minimum atomic E-state index is -1.04. The van der Waals surface area contributed by atoms with E-state index in [0.29, 0.717) is 64.1 Å². The summed E-state index contributed by atoms with van der Waals surface area (Å²) < 4.78 is 40.2. The largest absolute Gasteiger partial charge is 0.480 e. The van der Waals surface area contributed by atoms with E-state index >= 15 is 4.39 Å². The number of rotatable bonds is 16. The number of aromatic nitrogens is 6. The number of ketones is 1. The van der Waals surface area contributed by atoms with Gasteiger partial charge in [0.2, 0.25) is 11.8 Å². The number of piperidine rings is 2. The molecule has 11 rings (SSSR count). The number of ether oxygens (including phenoxy) is 1. The van der Waals surface area contributed by atoms with Crippen LogP contribution in [-0.4, -0.2) is 116 Å². The molecule has 36 heteroatoms. The number of benzene rings is 4. The lowest BCUT2D eigenvalue weighted by atomic mass is 9.97. The number of carbonyl (C=O) groups is 8. The molecule has 6 atom stereocenters. The van der Waals surface area contributed by atoms with E-state index in [2.05, 4.69) is 118 Å². The van der Waals surface area contributed by atoms with E-state index in [1.807, 2.05) is 12.1 Å². The maximum Gasteiger partial charge on any atom is 0.328 e. The van der Waals surface area contributed by atoms with E-state index in [1.165, 1.54) is 40.4 Å². The fourth-order valence-electron chi connectivity index (χ4n) is 10.1. The Morgan fingerprint density at radius 2 is 1.12 bits per heavy atom. The number of carboxylic acid groups (broad SMARTS) is 1. The SMILES string of the molecule is C.CC(C)(C)OC(=O)Cn1cc(Br)c(C(N)=O)n1.Cl.NC(=O)c1nn(CC(=O)N2[C@@H]3C[C@@H]3C[C@H]2C(=O)Nc2cccc(-c3ccccc3Cl)c2F)cc1Br.NC(=O)c1nn(CC(=O)O)cc1Br.O=C(Cc1cccc(-c2ccccc2Cl)c1F)[C@@H]1C[C@H]2C[C@H]2N1.S.S=S.S=S=S. The molecule has 3 aromatic heterocycles. The molecule has 2 aliphatic heterocycles. The van der Waals surface area contributed by atoms with Crippen LogP contribution in [0, 0.1) is 23.5 Å². The second-order valence-corrected chi connectivity index (χ2v) is 27.1. The molecule has 5 heterocycles. The van der Waals surface area contributed by atoms with Gasteiger partial charge in [0, 0.05) is 123 Å². The van der Waals surface area contributed by atoms with Crippen molar-refractivity contribution in [2.24, 2.45) is 29.0 Å². The summed E-state index contributed by atoms with van der Waals surface area (Å²) in [4.78, 5) is 95.1. The van der Waals surface area contributed by atoms with Gasteiger partial charge in [-0.15, -0.1) is 12.4 Å². The van der Waals surface area contributed by atoms with E-state index in [9.17, 15) is 42.7 Å². The molecule has 2 saturated carbocycles. The number of carbonyl (C=O) groups excluding carboxylic acids is 7. The molecule has 9 N–H and O–H groups in total. The number of aliphatic carboxylic acids is 1. The van der Waals surface area contributed by atoms with Crippen LogP contribution in [0.1, 0.15) is 90.9 Å². The third-order valence-electron chi connectivity index (χ3n) is 14.1. The summed E-state index contributed by atoms with van der Waals surface area (Å²) in [5.74, 6) is -4.29. The molecule has 0 spiro atoms. The van der Waals surface area contributed by atoms with Crippen LogP contribution in [0.2, 0.25) is 10.0 Å². The number of primary amides is 3. The van der Waals surface area contributed by atoms with E-state index in [4.69, 9.17) is 50.2 Å². The van der Waals surface area contributed by atoms with Gasteiger partial charge in [0.1, 0.15) is 37.1 Å². The highest BCUT2D eigenvalue weighted by Gasteiger charge is 2.56. The number of halogens is 8. The smallest absolute Gasteiger partial charge is 0.328 e. The number of nitrogens with two attached hydrogens (primary N) is 3. The number of nitrogens with zero attached hydrogens (tertiary/aromatic N) is 7. The molecule has 516 valence electrons. The summed E-state index contributed by atoms with van der Waals surface area (Å²) in [6.07, 6.45) is 7.91. The van der Waals surface area contributed by atoms with Crippen molar-refractivity contribution < 1.29 is 57.0 Å². The first-order valence-electron chi connectivity index (χ1n) is 27.6. The number of hydrogen-bond acceptors (Lipinski definition) is 17. The molecule has 4 aliphatic rings. The maximum atomic E-state index is 15.3. The number of nitrogens with one attached hydrogen (secondary N) is 2. The van der Waals surface area contributed by atoms with Crippen LogP contribution >= 0.6 is 96.9 Å². The molecule has 96 heavy (non-hydrogen) atoms. The zero-order chi connectivity index (χ0) is 68.8. The molecule has 4 aromatic carbocycles. The number of Topliss-reactive ketones (excluding diaryl/α,β-unsaturated/α-hetero) is 1. The Kier molecular flexibility index (Phi) is 33.7. The number of carboxylic acids is 1. The van der Waals surface area contributed by atoms with E-state index in [-0.39, 0.29) is 123 Å². The van der Waals surface area contributed by atoms with Gasteiger partial charge >= 0.3 is 11.9 Å². The fraction of sp³-hybridized carbons (Fsp3) is 0.317. The summed E-state index contributed by atoms with van der Waals surface area (Å²) in [7, 11) is 0.917. The number of anilines is 1. The van der Waals surface area contributed by atoms with Gasteiger partial charge in [-0.1, -0.05) is 97.4 Å². The van der Waals surface area contributed by atoms with Crippen LogP contribution in [0.25, 0.3) is 22.3 Å². The Labute approximate surface area is 622 Å². The predicted octanol–water partition coefficient (Wildman–Crippen LogP) is 9.91. The van der Waals surface area contributed by atoms with Gasteiger partial charge < -0.3 is 42.6 Å². The molecular formula is C60H64Br3Cl3F2N12O10S6. The van der Waals surface area contributed by atoms with Crippen molar-refractivity contribution in [2.75, 3.05) is 5.32 Å². The maximum absolute atomic E-state index is 15.3. The van der Waals surface area contributed by atoms with Crippen LogP contribution < -0.4 is 27.8 Å². The van der Waals surface area contributed by atoms with Crippen LogP contribution in [-0.2, 0) is 108 Å². The zero-order valence-electron chi connectivity index (χ0n) is 50.0. The number of amides is 5. The summed E-state index contributed by atoms with van der Waals surface area (Å²) in [5.41, 5.74) is 17.3. The summed E-state index contributed by atoms with van der Waals surface area (Å²) in [6.45, 7) is 4.81. The van der Waals surface area contributed by atoms with Crippen molar-refractivity contribution in [3.8, 4) is 22.3 Å². The molecule has 5 amide bonds. The molecule has 0 bridgehead atoms. The summed E-state index contributed by atoms with van der Waals surface area (Å²) >= 11 is 37.3. The molecule has 2 saturated heterocycles. The van der Waals surface area contributed by atoms with Gasteiger partial charge in [-0.3, -0.25) is 52.4 Å².